The molecule has 0 bridgehead atoms. The third-order valence-electron chi connectivity index (χ3n) is 2.94. The van der Waals surface area contributed by atoms with Crippen molar-refractivity contribution in [2.75, 3.05) is 13.6 Å². The number of hydrogen-bond acceptors (Lipinski definition) is 3. The summed E-state index contributed by atoms with van der Waals surface area (Å²) < 4.78 is 0. The molecule has 0 heterocycles. The molecular formula is C11H18N2O. The van der Waals surface area contributed by atoms with Crippen LogP contribution in [0.3, 0.4) is 0 Å². The minimum Gasteiger partial charge on any atom is -0.303 e. The highest BCUT2D eigenvalue weighted by Crippen LogP contribution is 2.19. The maximum Gasteiger partial charge on any atom is 0.133 e. The SMILES string of the molecule is CN(CCCC#N)C1CCC(=O)CC1. The van der Waals surface area contributed by atoms with Gasteiger partial charge in [-0.3, -0.25) is 4.79 Å². The molecule has 14 heavy (non-hydrogen) atoms. The van der Waals surface area contributed by atoms with Crippen LogP contribution in [0.1, 0.15) is 38.5 Å². The predicted octanol–water partition coefficient (Wildman–Crippen LogP) is 1.73. The second-order valence-corrected chi connectivity index (χ2v) is 4.01. The molecule has 0 saturated heterocycles. The van der Waals surface area contributed by atoms with E-state index in [1.165, 1.54) is 0 Å². The van der Waals surface area contributed by atoms with Gasteiger partial charge in [-0.05, 0) is 32.9 Å². The quantitative estimate of drug-likeness (QED) is 0.640. The summed E-state index contributed by atoms with van der Waals surface area (Å²) in [5.41, 5.74) is 0. The molecule has 0 aliphatic heterocycles. The van der Waals surface area contributed by atoms with Crippen molar-refractivity contribution in [3.05, 3.63) is 0 Å². The van der Waals surface area contributed by atoms with E-state index in [2.05, 4.69) is 18.0 Å². The van der Waals surface area contributed by atoms with E-state index in [9.17, 15) is 4.79 Å². The molecule has 3 nitrogen and oxygen atoms in total. The van der Waals surface area contributed by atoms with Crippen LogP contribution in [0.2, 0.25) is 0 Å². The lowest BCUT2D eigenvalue weighted by molar-refractivity contribution is -0.121. The first-order chi connectivity index (χ1) is 6.74. The van der Waals surface area contributed by atoms with Gasteiger partial charge in [0, 0.05) is 25.3 Å². The Balaban J connectivity index is 2.20. The van der Waals surface area contributed by atoms with Crippen molar-refractivity contribution >= 4 is 5.78 Å². The number of hydrogen-bond donors (Lipinski definition) is 0. The van der Waals surface area contributed by atoms with Crippen LogP contribution in [0.15, 0.2) is 0 Å². The van der Waals surface area contributed by atoms with Crippen LogP contribution in [0, 0.1) is 11.3 Å². The van der Waals surface area contributed by atoms with E-state index in [1.807, 2.05) is 0 Å². The van der Waals surface area contributed by atoms with Crippen molar-refractivity contribution in [3.63, 3.8) is 0 Å². The summed E-state index contributed by atoms with van der Waals surface area (Å²) in [6.07, 6.45) is 5.07. The molecule has 0 N–H and O–H groups in total. The monoisotopic (exact) mass is 194 g/mol. The molecule has 1 fully saturated rings. The minimum absolute atomic E-state index is 0.409. The average molecular weight is 194 g/mol. The van der Waals surface area contributed by atoms with Crippen LogP contribution in [-0.4, -0.2) is 30.3 Å². The van der Waals surface area contributed by atoms with Gasteiger partial charge in [0.05, 0.1) is 6.07 Å². The van der Waals surface area contributed by atoms with Crippen molar-refractivity contribution < 1.29 is 4.79 Å². The van der Waals surface area contributed by atoms with Crippen molar-refractivity contribution in [1.29, 1.82) is 5.26 Å². The summed E-state index contributed by atoms with van der Waals surface area (Å²) in [4.78, 5) is 13.3. The van der Waals surface area contributed by atoms with Crippen molar-refractivity contribution in [2.45, 2.75) is 44.6 Å². The van der Waals surface area contributed by atoms with E-state index >= 15 is 0 Å². The Hall–Kier alpha value is -0.880. The third-order valence-corrected chi connectivity index (χ3v) is 2.94. The molecule has 1 aliphatic carbocycles. The number of rotatable bonds is 4. The van der Waals surface area contributed by atoms with Crippen molar-refractivity contribution in [3.8, 4) is 6.07 Å². The largest absolute Gasteiger partial charge is 0.303 e. The van der Waals surface area contributed by atoms with Crippen LogP contribution in [0.5, 0.6) is 0 Å². The summed E-state index contributed by atoms with van der Waals surface area (Å²) in [5.74, 6) is 0.409. The van der Waals surface area contributed by atoms with E-state index in [1.54, 1.807) is 0 Å². The van der Waals surface area contributed by atoms with E-state index in [0.29, 0.717) is 18.2 Å². The van der Waals surface area contributed by atoms with Gasteiger partial charge in [0.15, 0.2) is 0 Å². The summed E-state index contributed by atoms with van der Waals surface area (Å²) in [5, 5.41) is 8.41. The number of nitriles is 1. The molecule has 1 saturated carbocycles. The first-order valence-electron chi connectivity index (χ1n) is 5.33. The predicted molar refractivity (Wildman–Crippen MR) is 54.7 cm³/mol. The zero-order chi connectivity index (χ0) is 10.4. The van der Waals surface area contributed by atoms with Gasteiger partial charge in [0.2, 0.25) is 0 Å². The summed E-state index contributed by atoms with van der Waals surface area (Å²) in [6, 6.07) is 2.71. The first kappa shape index (κ1) is 11.2. The average Bonchev–Trinajstić information content (AvgIpc) is 2.19. The standard InChI is InChI=1S/C11H18N2O/c1-13(9-3-2-8-12)10-4-6-11(14)7-5-10/h10H,2-7,9H2,1H3. The van der Waals surface area contributed by atoms with Gasteiger partial charge in [-0.1, -0.05) is 0 Å². The molecule has 0 aromatic rings. The summed E-state index contributed by atoms with van der Waals surface area (Å²) >= 11 is 0. The molecular weight excluding hydrogens is 176 g/mol. The van der Waals surface area contributed by atoms with Gasteiger partial charge in [0.25, 0.3) is 0 Å². The molecule has 0 spiro atoms. The Morgan fingerprint density at radius 1 is 1.50 bits per heavy atom. The number of Topliss-reactive ketones (excluding diaryl/α,β-unsaturated/α-hetero) is 1. The van der Waals surface area contributed by atoms with E-state index in [-0.39, 0.29) is 0 Å². The Labute approximate surface area is 85.7 Å². The van der Waals surface area contributed by atoms with Crippen molar-refractivity contribution in [1.82, 2.24) is 4.90 Å². The van der Waals surface area contributed by atoms with Crippen LogP contribution in [0.25, 0.3) is 0 Å². The molecule has 0 atom stereocenters. The molecule has 78 valence electrons. The van der Waals surface area contributed by atoms with E-state index in [0.717, 1.165) is 38.6 Å². The number of ketones is 1. The lowest BCUT2D eigenvalue weighted by Gasteiger charge is -2.30. The second-order valence-electron chi connectivity index (χ2n) is 4.01. The van der Waals surface area contributed by atoms with Crippen LogP contribution >= 0.6 is 0 Å². The highest BCUT2D eigenvalue weighted by molar-refractivity contribution is 5.79. The fourth-order valence-corrected chi connectivity index (χ4v) is 1.96. The van der Waals surface area contributed by atoms with E-state index in [4.69, 9.17) is 5.26 Å². The number of carbonyl (C=O) groups is 1. The highest BCUT2D eigenvalue weighted by Gasteiger charge is 2.21. The smallest absolute Gasteiger partial charge is 0.133 e. The number of nitrogens with zero attached hydrogens (tertiary/aromatic N) is 2. The van der Waals surface area contributed by atoms with Crippen LogP contribution < -0.4 is 0 Å². The topological polar surface area (TPSA) is 44.1 Å². The fourth-order valence-electron chi connectivity index (χ4n) is 1.96. The van der Waals surface area contributed by atoms with Crippen molar-refractivity contribution in [2.24, 2.45) is 0 Å². The van der Waals surface area contributed by atoms with E-state index < -0.39 is 0 Å². The Morgan fingerprint density at radius 3 is 2.71 bits per heavy atom. The normalized spacial score (nSPS) is 18.5. The highest BCUT2D eigenvalue weighted by atomic mass is 16.1. The van der Waals surface area contributed by atoms with Gasteiger partial charge < -0.3 is 4.90 Å². The fraction of sp³-hybridized carbons (Fsp3) is 0.818. The zero-order valence-electron chi connectivity index (χ0n) is 8.83. The summed E-state index contributed by atoms with van der Waals surface area (Å²) in [6.45, 7) is 0.979. The molecule has 0 aromatic carbocycles. The molecule has 1 aliphatic rings. The van der Waals surface area contributed by atoms with Crippen LogP contribution in [-0.2, 0) is 4.79 Å². The number of unbranched alkanes of at least 4 members (excludes halogenated alkanes) is 1. The van der Waals surface area contributed by atoms with Gasteiger partial charge >= 0.3 is 0 Å². The number of carbonyl (C=O) groups excluding carboxylic acids is 1. The molecule has 0 amide bonds. The second kappa shape index (κ2) is 5.77. The maximum absolute atomic E-state index is 11.0. The first-order valence-corrected chi connectivity index (χ1v) is 5.33. The molecule has 0 aromatic heterocycles. The van der Waals surface area contributed by atoms with Gasteiger partial charge in [-0.2, -0.15) is 5.26 Å². The molecule has 3 heteroatoms. The Morgan fingerprint density at radius 2 is 2.14 bits per heavy atom. The zero-order valence-corrected chi connectivity index (χ0v) is 8.83. The van der Waals surface area contributed by atoms with Gasteiger partial charge in [-0.25, -0.2) is 0 Å². The molecule has 0 radical (unpaired) electrons. The lowest BCUT2D eigenvalue weighted by atomic mass is 9.93. The van der Waals surface area contributed by atoms with Gasteiger partial charge in [0.1, 0.15) is 5.78 Å². The lowest BCUT2D eigenvalue weighted by Crippen LogP contribution is -2.35. The summed E-state index contributed by atoms with van der Waals surface area (Å²) in [7, 11) is 2.10. The minimum atomic E-state index is 0.409. The third kappa shape index (κ3) is 3.47. The maximum atomic E-state index is 11.0. The molecule has 0 unspecified atom stereocenters. The molecule has 1 rings (SSSR count). The van der Waals surface area contributed by atoms with Crippen LogP contribution in [0.4, 0.5) is 0 Å². The Bertz CT molecular complexity index is 222. The Kier molecular flexibility index (Phi) is 4.61. The van der Waals surface area contributed by atoms with Gasteiger partial charge in [-0.15, -0.1) is 0 Å².